The van der Waals surface area contributed by atoms with Crippen LogP contribution in [0.15, 0.2) is 66.9 Å². The van der Waals surface area contributed by atoms with Gasteiger partial charge in [-0.2, -0.15) is 0 Å². The van der Waals surface area contributed by atoms with Crippen LogP contribution in [-0.2, 0) is 16.6 Å². The van der Waals surface area contributed by atoms with Crippen LogP contribution in [0.25, 0.3) is 54.2 Å². The van der Waals surface area contributed by atoms with Crippen LogP contribution in [-0.4, -0.2) is 41.6 Å². The quantitative estimate of drug-likeness (QED) is 0.208. The van der Waals surface area contributed by atoms with Crippen LogP contribution in [0.3, 0.4) is 0 Å². The molecule has 0 aliphatic carbocycles. The second kappa shape index (κ2) is 10.6. The zero-order valence-corrected chi connectivity index (χ0v) is 25.3. The van der Waals surface area contributed by atoms with Crippen molar-refractivity contribution in [1.82, 2.24) is 25.0 Å². The van der Waals surface area contributed by atoms with Crippen molar-refractivity contribution < 1.29 is 14.6 Å². The Morgan fingerprint density at radius 1 is 1.00 bits per heavy atom. The summed E-state index contributed by atoms with van der Waals surface area (Å²) in [5.74, 6) is -1.05. The molecule has 1 atom stereocenters. The minimum absolute atomic E-state index is 0.596. The molecule has 6 aromatic rings. The Morgan fingerprint density at radius 2 is 1.74 bits per heavy atom. The van der Waals surface area contributed by atoms with Crippen LogP contribution in [0.2, 0.25) is 5.02 Å². The van der Waals surface area contributed by atoms with Gasteiger partial charge in [0.2, 0.25) is 0 Å². The van der Waals surface area contributed by atoms with Crippen molar-refractivity contribution in [3.8, 4) is 33.0 Å². The van der Waals surface area contributed by atoms with E-state index < -0.39 is 17.7 Å². The molecular formula is C32H28ClN5O3S. The van der Waals surface area contributed by atoms with Crippen LogP contribution >= 0.6 is 22.9 Å². The summed E-state index contributed by atoms with van der Waals surface area (Å²) in [6, 6.07) is 19.3. The maximum absolute atomic E-state index is 12.6. The van der Waals surface area contributed by atoms with E-state index in [4.69, 9.17) is 21.3 Å². The number of carboxylic acids is 1. The van der Waals surface area contributed by atoms with Crippen molar-refractivity contribution >= 4 is 50.2 Å². The van der Waals surface area contributed by atoms with Crippen molar-refractivity contribution in [2.45, 2.75) is 39.4 Å². The predicted octanol–water partition coefficient (Wildman–Crippen LogP) is 7.88. The van der Waals surface area contributed by atoms with Crippen molar-refractivity contribution in [1.29, 1.82) is 0 Å². The molecule has 0 bridgehead atoms. The van der Waals surface area contributed by atoms with Crippen LogP contribution in [0.5, 0.6) is 0 Å². The summed E-state index contributed by atoms with van der Waals surface area (Å²) in [7, 11) is 1.86. The number of benzene rings is 3. The van der Waals surface area contributed by atoms with E-state index in [0.717, 1.165) is 59.8 Å². The highest BCUT2D eigenvalue weighted by Gasteiger charge is 2.32. The minimum atomic E-state index is -1.17. The number of aromatic nitrogens is 5. The minimum Gasteiger partial charge on any atom is -0.479 e. The molecule has 42 heavy (non-hydrogen) atoms. The zero-order valence-electron chi connectivity index (χ0n) is 23.7. The molecule has 3 aromatic carbocycles. The zero-order chi connectivity index (χ0) is 29.8. The van der Waals surface area contributed by atoms with Gasteiger partial charge in [-0.15, -0.1) is 16.4 Å². The van der Waals surface area contributed by atoms with Gasteiger partial charge in [0, 0.05) is 40.5 Å². The van der Waals surface area contributed by atoms with Crippen LogP contribution in [0, 0.1) is 6.92 Å². The number of halogens is 1. The van der Waals surface area contributed by atoms with Crippen LogP contribution in [0.1, 0.15) is 38.0 Å². The molecule has 0 spiro atoms. The molecule has 3 aromatic heterocycles. The van der Waals surface area contributed by atoms with Gasteiger partial charge in [0.05, 0.1) is 27.0 Å². The topological polar surface area (TPSA) is 103 Å². The van der Waals surface area contributed by atoms with Gasteiger partial charge in [-0.25, -0.2) is 14.5 Å². The standard InChI is InChI=1S/C32H28ClN5O3S/c1-17-14-24-29(27(18-6-9-21(33)10-7-18)26(17)28(31(39)40)41-32(2,3)4)42-30(35-24)20-12-13-34-22(16-20)19-8-11-25-23(15-19)36-37-38(25)5/h6-16,28H,1-5H3,(H,39,40). The second-order valence-electron chi connectivity index (χ2n) is 11.2. The molecule has 0 fully saturated rings. The van der Waals surface area contributed by atoms with Gasteiger partial charge in [0.1, 0.15) is 10.5 Å². The summed E-state index contributed by atoms with van der Waals surface area (Å²) >= 11 is 7.74. The van der Waals surface area contributed by atoms with Crippen LogP contribution < -0.4 is 0 Å². The number of rotatable bonds is 6. The Balaban J connectivity index is 1.53. The van der Waals surface area contributed by atoms with Gasteiger partial charge in [-0.1, -0.05) is 35.0 Å². The average molecular weight is 598 g/mol. The fourth-order valence-electron chi connectivity index (χ4n) is 5.08. The summed E-state index contributed by atoms with van der Waals surface area (Å²) in [6.45, 7) is 7.47. The molecule has 0 amide bonds. The van der Waals surface area contributed by atoms with Gasteiger partial charge >= 0.3 is 5.97 Å². The van der Waals surface area contributed by atoms with E-state index >= 15 is 0 Å². The van der Waals surface area contributed by atoms with E-state index in [2.05, 4.69) is 15.3 Å². The molecular weight excluding hydrogens is 570 g/mol. The third-order valence-electron chi connectivity index (χ3n) is 6.93. The Kier molecular flexibility index (Phi) is 7.04. The van der Waals surface area contributed by atoms with Crippen molar-refractivity contribution in [3.63, 3.8) is 0 Å². The Labute approximate surface area is 251 Å². The number of hydrogen-bond donors (Lipinski definition) is 1. The van der Waals surface area contributed by atoms with Crippen molar-refractivity contribution in [3.05, 3.63) is 83.0 Å². The summed E-state index contributed by atoms with van der Waals surface area (Å²) in [5, 5.41) is 20.0. The number of hydrogen-bond acceptors (Lipinski definition) is 7. The molecule has 1 unspecified atom stereocenters. The van der Waals surface area contributed by atoms with E-state index in [1.807, 2.05) is 83.3 Å². The number of ether oxygens (including phenoxy) is 1. The number of nitrogens with zero attached hydrogens (tertiary/aromatic N) is 5. The van der Waals surface area contributed by atoms with Gasteiger partial charge in [-0.3, -0.25) is 4.98 Å². The highest BCUT2D eigenvalue weighted by molar-refractivity contribution is 7.22. The molecule has 3 heterocycles. The number of pyridine rings is 1. The van der Waals surface area contributed by atoms with Gasteiger partial charge in [0.15, 0.2) is 6.10 Å². The molecule has 0 radical (unpaired) electrons. The normalized spacial score (nSPS) is 12.7. The molecule has 0 saturated heterocycles. The first kappa shape index (κ1) is 28.0. The molecule has 0 aliphatic rings. The Bertz CT molecular complexity index is 1980. The van der Waals surface area contributed by atoms with E-state index in [1.165, 1.54) is 11.3 Å². The smallest absolute Gasteiger partial charge is 0.337 e. The Morgan fingerprint density at radius 3 is 2.45 bits per heavy atom. The summed E-state index contributed by atoms with van der Waals surface area (Å²) in [6.07, 6.45) is 0.598. The van der Waals surface area contributed by atoms with Gasteiger partial charge in [0.25, 0.3) is 0 Å². The van der Waals surface area contributed by atoms with E-state index in [0.29, 0.717) is 10.6 Å². The fourth-order valence-corrected chi connectivity index (χ4v) is 6.33. The third kappa shape index (κ3) is 5.27. The maximum Gasteiger partial charge on any atom is 0.337 e. The average Bonchev–Trinajstić information content (AvgIpc) is 3.54. The SMILES string of the molecule is Cc1cc2nc(-c3ccnc(-c4ccc5c(c4)nnn5C)c3)sc2c(-c2ccc(Cl)cc2)c1C(OC(C)(C)C)C(=O)O. The molecule has 0 aliphatic heterocycles. The molecule has 0 saturated carbocycles. The van der Waals surface area contributed by atoms with E-state index in [9.17, 15) is 9.90 Å². The van der Waals surface area contributed by atoms with E-state index in [-0.39, 0.29) is 0 Å². The predicted molar refractivity (Wildman–Crippen MR) is 167 cm³/mol. The number of carbonyl (C=O) groups is 1. The highest BCUT2D eigenvalue weighted by atomic mass is 35.5. The molecule has 8 nitrogen and oxygen atoms in total. The summed E-state index contributed by atoms with van der Waals surface area (Å²) in [4.78, 5) is 22.2. The first-order chi connectivity index (χ1) is 20.0. The fraction of sp³-hybridized carbons (Fsp3) is 0.219. The first-order valence-corrected chi connectivity index (χ1v) is 14.5. The highest BCUT2D eigenvalue weighted by Crippen LogP contribution is 2.44. The van der Waals surface area contributed by atoms with Crippen molar-refractivity contribution in [2.75, 3.05) is 0 Å². The second-order valence-corrected chi connectivity index (χ2v) is 12.6. The number of aliphatic carboxylic acids is 1. The van der Waals surface area contributed by atoms with Crippen molar-refractivity contribution in [2.24, 2.45) is 7.05 Å². The maximum atomic E-state index is 12.6. The molecule has 212 valence electrons. The lowest BCUT2D eigenvalue weighted by Crippen LogP contribution is -2.28. The Hall–Kier alpha value is -4.18. The number of aryl methyl sites for hydroxylation is 2. The molecule has 6 rings (SSSR count). The summed E-state index contributed by atoms with van der Waals surface area (Å²) in [5.41, 5.74) is 7.47. The monoisotopic (exact) mass is 597 g/mol. The number of fused-ring (bicyclic) bond motifs is 2. The number of thiazole rings is 1. The van der Waals surface area contributed by atoms with Crippen LogP contribution in [0.4, 0.5) is 0 Å². The third-order valence-corrected chi connectivity index (χ3v) is 8.32. The largest absolute Gasteiger partial charge is 0.479 e. The number of carboxylic acid groups (broad SMARTS) is 1. The molecule has 1 N–H and O–H groups in total. The lowest BCUT2D eigenvalue weighted by molar-refractivity contribution is -0.160. The summed E-state index contributed by atoms with van der Waals surface area (Å²) < 4.78 is 8.74. The van der Waals surface area contributed by atoms with Gasteiger partial charge in [-0.05, 0) is 81.3 Å². The lowest BCUT2D eigenvalue weighted by Gasteiger charge is -2.28. The molecule has 10 heteroatoms. The lowest BCUT2D eigenvalue weighted by atomic mass is 9.91. The van der Waals surface area contributed by atoms with Gasteiger partial charge < -0.3 is 9.84 Å². The first-order valence-electron chi connectivity index (χ1n) is 13.4. The van der Waals surface area contributed by atoms with E-state index in [1.54, 1.807) is 23.0 Å².